The molecule has 0 radical (unpaired) electrons. The molecule has 0 saturated heterocycles. The molecule has 1 aromatic carbocycles. The van der Waals surface area contributed by atoms with Crippen LogP contribution in [-0.4, -0.2) is 23.1 Å². The van der Waals surface area contributed by atoms with E-state index in [0.29, 0.717) is 5.92 Å². The maximum Gasteiger partial charge on any atom is 0.138 e. The number of nitrogens with one attached hydrogen (secondary N) is 1. The summed E-state index contributed by atoms with van der Waals surface area (Å²) < 4.78 is 5.92. The van der Waals surface area contributed by atoms with Crippen LogP contribution in [0.1, 0.15) is 28.8 Å². The molecule has 0 spiro atoms. The molecule has 1 aliphatic heterocycles. The van der Waals surface area contributed by atoms with E-state index in [-0.39, 0.29) is 0 Å². The van der Waals surface area contributed by atoms with Crippen molar-refractivity contribution in [3.05, 3.63) is 46.6 Å². The number of hydrogen-bond donors (Lipinski definition) is 1. The van der Waals surface area contributed by atoms with Crippen molar-refractivity contribution in [2.24, 2.45) is 5.92 Å². The first kappa shape index (κ1) is 15.1. The number of nitrogens with zero attached hydrogens (tertiary/aromatic N) is 2. The summed E-state index contributed by atoms with van der Waals surface area (Å²) in [6, 6.07) is 8.35. The van der Waals surface area contributed by atoms with E-state index in [4.69, 9.17) is 4.74 Å². The first-order valence-corrected chi connectivity index (χ1v) is 9.90. The van der Waals surface area contributed by atoms with Gasteiger partial charge in [-0.25, -0.2) is 9.97 Å². The number of para-hydroxylation sites is 1. The quantitative estimate of drug-likeness (QED) is 0.767. The molecule has 128 valence electrons. The molecule has 5 rings (SSSR count). The molecular formula is C20H21N3OS. The van der Waals surface area contributed by atoms with Crippen LogP contribution in [-0.2, 0) is 19.3 Å². The van der Waals surface area contributed by atoms with E-state index in [1.165, 1.54) is 40.7 Å². The lowest BCUT2D eigenvalue weighted by Crippen LogP contribution is -2.27. The van der Waals surface area contributed by atoms with Crippen molar-refractivity contribution in [3.8, 4) is 5.75 Å². The van der Waals surface area contributed by atoms with Gasteiger partial charge in [0, 0.05) is 17.3 Å². The first-order chi connectivity index (χ1) is 12.4. The minimum absolute atomic E-state index is 0.467. The summed E-state index contributed by atoms with van der Waals surface area (Å²) in [7, 11) is 0. The molecule has 1 N–H and O–H groups in total. The van der Waals surface area contributed by atoms with Crippen LogP contribution in [0.3, 0.4) is 0 Å². The number of rotatable bonds is 3. The third-order valence-corrected chi connectivity index (χ3v) is 6.47. The second-order valence-electron chi connectivity index (χ2n) is 6.98. The van der Waals surface area contributed by atoms with Gasteiger partial charge in [0.15, 0.2) is 0 Å². The number of aryl methyl sites for hydroxylation is 2. The molecule has 0 fully saturated rings. The second-order valence-corrected chi connectivity index (χ2v) is 8.07. The summed E-state index contributed by atoms with van der Waals surface area (Å²) >= 11 is 1.85. The fourth-order valence-electron chi connectivity index (χ4n) is 3.99. The van der Waals surface area contributed by atoms with E-state index in [0.717, 1.165) is 42.4 Å². The van der Waals surface area contributed by atoms with Crippen molar-refractivity contribution < 1.29 is 4.74 Å². The van der Waals surface area contributed by atoms with Gasteiger partial charge >= 0.3 is 0 Å². The molecule has 3 aromatic rings. The van der Waals surface area contributed by atoms with Crippen LogP contribution >= 0.6 is 11.3 Å². The predicted octanol–water partition coefficient (Wildman–Crippen LogP) is 4.23. The predicted molar refractivity (Wildman–Crippen MR) is 102 cm³/mol. The summed E-state index contributed by atoms with van der Waals surface area (Å²) in [6.07, 6.45) is 7.69. The summed E-state index contributed by atoms with van der Waals surface area (Å²) in [6.45, 7) is 1.64. The summed E-state index contributed by atoms with van der Waals surface area (Å²) in [5, 5.41) is 4.86. The lowest BCUT2D eigenvalue weighted by atomic mass is 9.96. The number of hydrogen-bond acceptors (Lipinski definition) is 5. The average Bonchev–Trinajstić information content (AvgIpc) is 3.05. The van der Waals surface area contributed by atoms with Gasteiger partial charge in [-0.2, -0.15) is 0 Å². The van der Waals surface area contributed by atoms with E-state index in [1.54, 1.807) is 6.33 Å². The molecular weight excluding hydrogens is 330 g/mol. The Kier molecular flexibility index (Phi) is 3.82. The van der Waals surface area contributed by atoms with E-state index >= 15 is 0 Å². The van der Waals surface area contributed by atoms with E-state index in [9.17, 15) is 0 Å². The molecule has 0 saturated carbocycles. The van der Waals surface area contributed by atoms with Crippen LogP contribution in [0.5, 0.6) is 5.75 Å². The minimum atomic E-state index is 0.467. The molecule has 1 atom stereocenters. The van der Waals surface area contributed by atoms with Crippen LogP contribution in [0.2, 0.25) is 0 Å². The van der Waals surface area contributed by atoms with E-state index in [1.807, 2.05) is 17.4 Å². The SMILES string of the molecule is c1ccc2c(c1)CC(CNc1ncnc3sc4c(c13)CCCC4)CO2. The third-order valence-electron chi connectivity index (χ3n) is 5.27. The molecule has 1 unspecified atom stereocenters. The van der Waals surface area contributed by atoms with Crippen molar-refractivity contribution in [1.82, 2.24) is 9.97 Å². The lowest BCUT2D eigenvalue weighted by Gasteiger charge is -2.25. The molecule has 0 bridgehead atoms. The number of anilines is 1. The Labute approximate surface area is 151 Å². The van der Waals surface area contributed by atoms with Gasteiger partial charge in [-0.15, -0.1) is 11.3 Å². The Morgan fingerprint density at radius 3 is 3.08 bits per heavy atom. The minimum Gasteiger partial charge on any atom is -0.493 e. The van der Waals surface area contributed by atoms with Gasteiger partial charge < -0.3 is 10.1 Å². The lowest BCUT2D eigenvalue weighted by molar-refractivity contribution is 0.229. The zero-order valence-electron chi connectivity index (χ0n) is 14.1. The number of ether oxygens (including phenoxy) is 1. The fourth-order valence-corrected chi connectivity index (χ4v) is 5.22. The summed E-state index contributed by atoms with van der Waals surface area (Å²) in [5.41, 5.74) is 2.79. The maximum atomic E-state index is 5.92. The van der Waals surface area contributed by atoms with Gasteiger partial charge in [-0.3, -0.25) is 0 Å². The Morgan fingerprint density at radius 2 is 2.08 bits per heavy atom. The molecule has 0 amide bonds. The standard InChI is InChI=1S/C20H21N3OS/c1-3-7-16-14(5-1)9-13(11-24-16)10-21-19-18-15-6-2-4-8-17(15)25-20(18)23-12-22-19/h1,3,5,7,12-13H,2,4,6,8-11H2,(H,21,22,23). The number of thiophene rings is 1. The first-order valence-electron chi connectivity index (χ1n) is 9.08. The molecule has 2 aromatic heterocycles. The Bertz CT molecular complexity index is 920. The van der Waals surface area contributed by atoms with Crippen molar-refractivity contribution in [2.45, 2.75) is 32.1 Å². The van der Waals surface area contributed by atoms with Crippen LogP contribution in [0, 0.1) is 5.92 Å². The largest absolute Gasteiger partial charge is 0.493 e. The highest BCUT2D eigenvalue weighted by Crippen LogP contribution is 2.38. The van der Waals surface area contributed by atoms with Gasteiger partial charge in [-0.1, -0.05) is 18.2 Å². The summed E-state index contributed by atoms with van der Waals surface area (Å²) in [5.74, 6) is 2.51. The molecule has 25 heavy (non-hydrogen) atoms. The number of aromatic nitrogens is 2. The van der Waals surface area contributed by atoms with Gasteiger partial charge in [0.1, 0.15) is 22.7 Å². The van der Waals surface area contributed by atoms with Gasteiger partial charge in [0.05, 0.1) is 12.0 Å². The number of fused-ring (bicyclic) bond motifs is 4. The van der Waals surface area contributed by atoms with Gasteiger partial charge in [0.2, 0.25) is 0 Å². The third kappa shape index (κ3) is 2.76. The smallest absolute Gasteiger partial charge is 0.138 e. The van der Waals surface area contributed by atoms with Crippen LogP contribution in [0.15, 0.2) is 30.6 Å². The average molecular weight is 351 g/mol. The molecule has 4 nitrogen and oxygen atoms in total. The normalized spacial score (nSPS) is 19.1. The Morgan fingerprint density at radius 1 is 1.16 bits per heavy atom. The highest BCUT2D eigenvalue weighted by Gasteiger charge is 2.22. The molecule has 1 aliphatic carbocycles. The van der Waals surface area contributed by atoms with E-state index in [2.05, 4.69) is 33.5 Å². The topological polar surface area (TPSA) is 47.0 Å². The van der Waals surface area contributed by atoms with Crippen molar-refractivity contribution >= 4 is 27.4 Å². The Hall–Kier alpha value is -2.14. The van der Waals surface area contributed by atoms with Crippen molar-refractivity contribution in [2.75, 3.05) is 18.5 Å². The zero-order valence-corrected chi connectivity index (χ0v) is 14.9. The monoisotopic (exact) mass is 351 g/mol. The summed E-state index contributed by atoms with van der Waals surface area (Å²) in [4.78, 5) is 11.7. The van der Waals surface area contributed by atoms with E-state index < -0.39 is 0 Å². The molecule has 3 heterocycles. The van der Waals surface area contributed by atoms with Gasteiger partial charge in [-0.05, 0) is 49.3 Å². The van der Waals surface area contributed by atoms with Crippen molar-refractivity contribution in [3.63, 3.8) is 0 Å². The van der Waals surface area contributed by atoms with Crippen molar-refractivity contribution in [1.29, 1.82) is 0 Å². The fraction of sp³-hybridized carbons (Fsp3) is 0.400. The highest BCUT2D eigenvalue weighted by atomic mass is 32.1. The van der Waals surface area contributed by atoms with Gasteiger partial charge in [0.25, 0.3) is 0 Å². The highest BCUT2D eigenvalue weighted by molar-refractivity contribution is 7.19. The Balaban J connectivity index is 1.37. The maximum absolute atomic E-state index is 5.92. The molecule has 5 heteroatoms. The van der Waals surface area contributed by atoms with Crippen LogP contribution < -0.4 is 10.1 Å². The second kappa shape index (κ2) is 6.30. The molecule has 2 aliphatic rings. The number of benzene rings is 1. The van der Waals surface area contributed by atoms with Crippen LogP contribution in [0.4, 0.5) is 5.82 Å². The zero-order chi connectivity index (χ0) is 16.6. The van der Waals surface area contributed by atoms with Crippen LogP contribution in [0.25, 0.3) is 10.2 Å².